The molecule has 3 nitrogen and oxygen atoms in total. The second kappa shape index (κ2) is 4.45. The van der Waals surface area contributed by atoms with Crippen LogP contribution >= 0.6 is 0 Å². The fourth-order valence-corrected chi connectivity index (χ4v) is 2.47. The van der Waals surface area contributed by atoms with Gasteiger partial charge >= 0.3 is 6.18 Å². The van der Waals surface area contributed by atoms with E-state index in [4.69, 9.17) is 0 Å². The Kier molecular flexibility index (Phi) is 2.89. The van der Waals surface area contributed by atoms with Crippen LogP contribution in [0, 0.1) is 0 Å². The Morgan fingerprint density at radius 3 is 2.74 bits per heavy atom. The molecule has 1 unspecified atom stereocenters. The molecule has 1 N–H and O–H groups in total. The van der Waals surface area contributed by atoms with Gasteiger partial charge in [0.15, 0.2) is 0 Å². The van der Waals surface area contributed by atoms with Gasteiger partial charge in [0.05, 0.1) is 16.8 Å². The highest BCUT2D eigenvalue weighted by atomic mass is 19.4. The molecule has 2 heterocycles. The Balaban J connectivity index is 2.16. The number of aromatic nitrogens is 2. The van der Waals surface area contributed by atoms with Crippen molar-refractivity contribution in [3.63, 3.8) is 0 Å². The van der Waals surface area contributed by atoms with Crippen LogP contribution in [0.5, 0.6) is 0 Å². The lowest BCUT2D eigenvalue weighted by Crippen LogP contribution is -2.10. The van der Waals surface area contributed by atoms with Crippen LogP contribution in [0.2, 0.25) is 0 Å². The third-order valence-corrected chi connectivity index (χ3v) is 3.44. The lowest BCUT2D eigenvalue weighted by molar-refractivity contribution is -0.137. The third-order valence-electron chi connectivity index (χ3n) is 3.44. The van der Waals surface area contributed by atoms with Gasteiger partial charge in [-0.1, -0.05) is 0 Å². The van der Waals surface area contributed by atoms with Crippen molar-refractivity contribution >= 4 is 10.9 Å². The fraction of sp³-hybridized carbons (Fsp3) is 0.385. The molecule has 1 aliphatic rings. The maximum absolute atomic E-state index is 12.8. The van der Waals surface area contributed by atoms with Crippen molar-refractivity contribution in [2.24, 2.45) is 0 Å². The van der Waals surface area contributed by atoms with Crippen LogP contribution in [0.4, 0.5) is 13.2 Å². The molecule has 1 aromatic heterocycles. The van der Waals surface area contributed by atoms with Gasteiger partial charge in [-0.2, -0.15) is 13.2 Å². The van der Waals surface area contributed by atoms with Crippen molar-refractivity contribution in [1.29, 1.82) is 0 Å². The zero-order chi connectivity index (χ0) is 13.5. The molecule has 1 fully saturated rings. The van der Waals surface area contributed by atoms with Crippen LogP contribution in [0.3, 0.4) is 0 Å². The maximum atomic E-state index is 12.8. The van der Waals surface area contributed by atoms with E-state index in [0.717, 1.165) is 31.6 Å². The largest absolute Gasteiger partial charge is 0.416 e. The van der Waals surface area contributed by atoms with Gasteiger partial charge in [-0.15, -0.1) is 0 Å². The molecule has 0 aliphatic carbocycles. The first kappa shape index (κ1) is 12.3. The van der Waals surface area contributed by atoms with Gasteiger partial charge in [0, 0.05) is 17.8 Å². The van der Waals surface area contributed by atoms with Gasteiger partial charge in [-0.25, -0.2) is 9.97 Å². The molecule has 1 atom stereocenters. The number of hydrogen-bond acceptors (Lipinski definition) is 3. The summed E-state index contributed by atoms with van der Waals surface area (Å²) in [6.07, 6.45) is -2.03. The van der Waals surface area contributed by atoms with E-state index in [0.29, 0.717) is 16.6 Å². The van der Waals surface area contributed by atoms with Crippen LogP contribution < -0.4 is 5.32 Å². The highest BCUT2D eigenvalue weighted by Gasteiger charge is 2.31. The monoisotopic (exact) mass is 267 g/mol. The number of nitrogens with one attached hydrogen (secondary N) is 1. The number of halogens is 3. The summed E-state index contributed by atoms with van der Waals surface area (Å²) in [7, 11) is 0. The molecule has 100 valence electrons. The molecule has 0 bridgehead atoms. The highest BCUT2D eigenvalue weighted by Crippen LogP contribution is 2.33. The third kappa shape index (κ3) is 2.28. The molecule has 0 amide bonds. The lowest BCUT2D eigenvalue weighted by atomic mass is 9.99. The van der Waals surface area contributed by atoms with Crippen LogP contribution in [0.1, 0.15) is 23.6 Å². The number of fused-ring (bicyclic) bond motifs is 1. The van der Waals surface area contributed by atoms with Crippen molar-refractivity contribution in [1.82, 2.24) is 15.3 Å². The van der Waals surface area contributed by atoms with Gasteiger partial charge in [-0.3, -0.25) is 0 Å². The normalized spacial score (nSPS) is 20.1. The summed E-state index contributed by atoms with van der Waals surface area (Å²) in [6.45, 7) is 1.62. The molecule has 1 saturated heterocycles. The summed E-state index contributed by atoms with van der Waals surface area (Å²) < 4.78 is 38.3. The Labute approximate surface area is 107 Å². The Hall–Kier alpha value is -1.69. The average molecular weight is 267 g/mol. The summed E-state index contributed by atoms with van der Waals surface area (Å²) in [5.74, 6) is 0.161. The molecule has 0 spiro atoms. The van der Waals surface area contributed by atoms with Gasteiger partial charge in [0.1, 0.15) is 6.33 Å². The molecule has 3 rings (SSSR count). The summed E-state index contributed by atoms with van der Waals surface area (Å²) >= 11 is 0. The molecule has 2 aromatic rings. The molecule has 1 aliphatic heterocycles. The van der Waals surface area contributed by atoms with E-state index in [1.165, 1.54) is 12.4 Å². The van der Waals surface area contributed by atoms with E-state index >= 15 is 0 Å². The van der Waals surface area contributed by atoms with Gasteiger partial charge in [0.25, 0.3) is 0 Å². The second-order valence-corrected chi connectivity index (χ2v) is 4.68. The van der Waals surface area contributed by atoms with Crippen LogP contribution in [-0.4, -0.2) is 23.1 Å². The fourth-order valence-electron chi connectivity index (χ4n) is 2.47. The molecular formula is C13H12F3N3. The van der Waals surface area contributed by atoms with Crippen molar-refractivity contribution < 1.29 is 13.2 Å². The topological polar surface area (TPSA) is 37.8 Å². The minimum absolute atomic E-state index is 0.161. The Morgan fingerprint density at radius 1 is 1.21 bits per heavy atom. The second-order valence-electron chi connectivity index (χ2n) is 4.68. The van der Waals surface area contributed by atoms with E-state index in [1.54, 1.807) is 0 Å². The van der Waals surface area contributed by atoms with Crippen molar-refractivity contribution in [2.75, 3.05) is 13.1 Å². The maximum Gasteiger partial charge on any atom is 0.416 e. The average Bonchev–Trinajstić information content (AvgIpc) is 2.90. The highest BCUT2D eigenvalue weighted by molar-refractivity contribution is 5.82. The standard InChI is InChI=1S/C13H12F3N3/c14-13(15,16)9-1-2-11-10(5-9)12(19-7-18-11)8-3-4-17-6-8/h1-2,5,7-8,17H,3-4,6H2. The molecule has 0 saturated carbocycles. The lowest BCUT2D eigenvalue weighted by Gasteiger charge is -2.12. The predicted octanol–water partition coefficient (Wildman–Crippen LogP) is 2.73. The van der Waals surface area contributed by atoms with Crippen LogP contribution in [0.25, 0.3) is 10.9 Å². The smallest absolute Gasteiger partial charge is 0.316 e. The van der Waals surface area contributed by atoms with Gasteiger partial charge in [0.2, 0.25) is 0 Å². The van der Waals surface area contributed by atoms with Gasteiger partial charge in [-0.05, 0) is 31.2 Å². The number of rotatable bonds is 1. The van der Waals surface area contributed by atoms with E-state index < -0.39 is 11.7 Å². The van der Waals surface area contributed by atoms with Crippen molar-refractivity contribution in [2.45, 2.75) is 18.5 Å². The van der Waals surface area contributed by atoms with E-state index in [-0.39, 0.29) is 5.92 Å². The minimum Gasteiger partial charge on any atom is -0.316 e. The molecule has 1 aromatic carbocycles. The van der Waals surface area contributed by atoms with E-state index in [1.807, 2.05) is 0 Å². The zero-order valence-electron chi connectivity index (χ0n) is 10.0. The first-order valence-electron chi connectivity index (χ1n) is 6.08. The number of nitrogens with zero attached hydrogens (tertiary/aromatic N) is 2. The number of hydrogen-bond donors (Lipinski definition) is 1. The first-order chi connectivity index (χ1) is 9.05. The molecular weight excluding hydrogens is 255 g/mol. The number of benzene rings is 1. The van der Waals surface area contributed by atoms with Gasteiger partial charge < -0.3 is 5.32 Å². The first-order valence-corrected chi connectivity index (χ1v) is 6.08. The molecule has 6 heteroatoms. The molecule has 0 radical (unpaired) electrons. The summed E-state index contributed by atoms with van der Waals surface area (Å²) in [5.41, 5.74) is 0.619. The minimum atomic E-state index is -4.34. The Morgan fingerprint density at radius 2 is 2.05 bits per heavy atom. The van der Waals surface area contributed by atoms with Crippen LogP contribution in [0.15, 0.2) is 24.5 Å². The summed E-state index contributed by atoms with van der Waals surface area (Å²) in [6, 6.07) is 3.63. The Bertz CT molecular complexity index is 604. The quantitative estimate of drug-likeness (QED) is 0.863. The summed E-state index contributed by atoms with van der Waals surface area (Å²) in [5, 5.41) is 3.70. The van der Waals surface area contributed by atoms with Crippen molar-refractivity contribution in [3.8, 4) is 0 Å². The van der Waals surface area contributed by atoms with Crippen molar-refractivity contribution in [3.05, 3.63) is 35.8 Å². The van der Waals surface area contributed by atoms with E-state index in [9.17, 15) is 13.2 Å². The number of alkyl halides is 3. The van der Waals surface area contributed by atoms with E-state index in [2.05, 4.69) is 15.3 Å². The van der Waals surface area contributed by atoms with Crippen LogP contribution in [-0.2, 0) is 6.18 Å². The predicted molar refractivity (Wildman–Crippen MR) is 64.8 cm³/mol. The molecule has 19 heavy (non-hydrogen) atoms. The summed E-state index contributed by atoms with van der Waals surface area (Å²) in [4.78, 5) is 8.23. The zero-order valence-corrected chi connectivity index (χ0v) is 10.0. The SMILES string of the molecule is FC(F)(F)c1ccc2ncnc(C3CCNC3)c2c1.